The summed E-state index contributed by atoms with van der Waals surface area (Å²) in [6.45, 7) is 8.77. The van der Waals surface area contributed by atoms with Crippen LogP contribution in [0.4, 0.5) is 0 Å². The van der Waals surface area contributed by atoms with Crippen LogP contribution in [0, 0.1) is 27.7 Å². The van der Waals surface area contributed by atoms with E-state index in [1.165, 1.54) is 16.7 Å². The first-order valence-corrected chi connectivity index (χ1v) is 7.08. The van der Waals surface area contributed by atoms with Crippen molar-refractivity contribution < 1.29 is 4.74 Å². The zero-order valence-electron chi connectivity index (χ0n) is 12.0. The lowest BCUT2D eigenvalue weighted by Gasteiger charge is -2.13. The molecule has 0 N–H and O–H groups in total. The van der Waals surface area contributed by atoms with Crippen LogP contribution in [0.1, 0.15) is 28.1 Å². The molecule has 19 heavy (non-hydrogen) atoms. The quantitative estimate of drug-likeness (QED) is 0.854. The fourth-order valence-electron chi connectivity index (χ4n) is 2.37. The average molecular weight is 323 g/mol. The predicted octanol–water partition coefficient (Wildman–Crippen LogP) is 4.00. The lowest BCUT2D eigenvalue weighted by molar-refractivity contribution is 0.290. The molecule has 0 fully saturated rings. The van der Waals surface area contributed by atoms with Gasteiger partial charge in [-0.2, -0.15) is 5.10 Å². The third kappa shape index (κ3) is 2.84. The van der Waals surface area contributed by atoms with Gasteiger partial charge in [-0.1, -0.05) is 17.7 Å². The smallest absolute Gasteiger partial charge is 0.131 e. The van der Waals surface area contributed by atoms with E-state index in [4.69, 9.17) is 4.74 Å². The molecule has 0 aliphatic carbocycles. The highest BCUT2D eigenvalue weighted by Crippen LogP contribution is 2.27. The molecule has 0 spiro atoms. The monoisotopic (exact) mass is 322 g/mol. The van der Waals surface area contributed by atoms with Gasteiger partial charge in [-0.25, -0.2) is 0 Å². The Morgan fingerprint density at radius 3 is 2.21 bits per heavy atom. The van der Waals surface area contributed by atoms with Gasteiger partial charge in [0.1, 0.15) is 12.4 Å². The Hall–Kier alpha value is -1.29. The van der Waals surface area contributed by atoms with Crippen LogP contribution in [-0.2, 0) is 13.7 Å². The zero-order valence-corrected chi connectivity index (χ0v) is 13.6. The molecule has 0 saturated heterocycles. The van der Waals surface area contributed by atoms with Crippen LogP contribution in [0.3, 0.4) is 0 Å². The standard InChI is InChI=1S/C15H19BrN2O/c1-9-6-10(2)15(11(3)7-9)19-8-13-14(16)12(4)17-18(13)5/h6-7H,8H2,1-5H3. The highest BCUT2D eigenvalue weighted by atomic mass is 79.9. The van der Waals surface area contributed by atoms with Crippen LogP contribution in [0.2, 0.25) is 0 Å². The topological polar surface area (TPSA) is 27.1 Å². The van der Waals surface area contributed by atoms with Crippen molar-refractivity contribution in [1.29, 1.82) is 0 Å². The summed E-state index contributed by atoms with van der Waals surface area (Å²) in [5.41, 5.74) is 5.65. The molecule has 0 saturated carbocycles. The van der Waals surface area contributed by atoms with E-state index in [9.17, 15) is 0 Å². The number of hydrogen-bond acceptors (Lipinski definition) is 2. The van der Waals surface area contributed by atoms with E-state index in [0.717, 1.165) is 21.6 Å². The maximum atomic E-state index is 5.99. The minimum absolute atomic E-state index is 0.517. The molecule has 0 amide bonds. The number of rotatable bonds is 3. The molecule has 0 radical (unpaired) electrons. The highest BCUT2D eigenvalue weighted by molar-refractivity contribution is 9.10. The van der Waals surface area contributed by atoms with Gasteiger partial charge in [-0.3, -0.25) is 4.68 Å². The molecule has 3 nitrogen and oxygen atoms in total. The Balaban J connectivity index is 2.24. The van der Waals surface area contributed by atoms with E-state index in [2.05, 4.69) is 53.9 Å². The van der Waals surface area contributed by atoms with Gasteiger partial charge in [0.15, 0.2) is 0 Å². The molecule has 4 heteroatoms. The Kier molecular flexibility index (Phi) is 3.99. The predicted molar refractivity (Wildman–Crippen MR) is 80.6 cm³/mol. The van der Waals surface area contributed by atoms with Crippen molar-refractivity contribution in [3.05, 3.63) is 44.7 Å². The maximum Gasteiger partial charge on any atom is 0.131 e. The number of aromatic nitrogens is 2. The lowest BCUT2D eigenvalue weighted by Crippen LogP contribution is -2.05. The van der Waals surface area contributed by atoms with Crippen LogP contribution in [0.25, 0.3) is 0 Å². The molecule has 2 aromatic rings. The van der Waals surface area contributed by atoms with Crippen molar-refractivity contribution in [1.82, 2.24) is 9.78 Å². The van der Waals surface area contributed by atoms with E-state index in [1.807, 2.05) is 18.7 Å². The fraction of sp³-hybridized carbons (Fsp3) is 0.400. The van der Waals surface area contributed by atoms with Crippen molar-refractivity contribution in [2.75, 3.05) is 0 Å². The Bertz CT molecular complexity index is 594. The van der Waals surface area contributed by atoms with Crippen LogP contribution in [0.15, 0.2) is 16.6 Å². The molecule has 1 heterocycles. The minimum atomic E-state index is 0.517. The highest BCUT2D eigenvalue weighted by Gasteiger charge is 2.12. The van der Waals surface area contributed by atoms with Crippen LogP contribution < -0.4 is 4.74 Å². The fourth-order valence-corrected chi connectivity index (χ4v) is 2.82. The minimum Gasteiger partial charge on any atom is -0.487 e. The summed E-state index contributed by atoms with van der Waals surface area (Å²) >= 11 is 3.56. The number of benzene rings is 1. The van der Waals surface area contributed by atoms with Crippen LogP contribution in [0.5, 0.6) is 5.75 Å². The molecule has 1 aromatic heterocycles. The van der Waals surface area contributed by atoms with Gasteiger partial charge in [0.25, 0.3) is 0 Å². The number of aryl methyl sites for hydroxylation is 5. The van der Waals surface area contributed by atoms with E-state index in [-0.39, 0.29) is 0 Å². The van der Waals surface area contributed by atoms with Crippen LogP contribution in [-0.4, -0.2) is 9.78 Å². The van der Waals surface area contributed by atoms with Gasteiger partial charge >= 0.3 is 0 Å². The summed E-state index contributed by atoms with van der Waals surface area (Å²) in [5, 5.41) is 4.37. The molecule has 2 rings (SSSR count). The first-order chi connectivity index (χ1) is 8.90. The Labute approximate surface area is 122 Å². The summed E-state index contributed by atoms with van der Waals surface area (Å²) in [6, 6.07) is 4.29. The molecule has 102 valence electrons. The zero-order chi connectivity index (χ0) is 14.2. The lowest BCUT2D eigenvalue weighted by atomic mass is 10.1. The Morgan fingerprint density at radius 2 is 1.74 bits per heavy atom. The first kappa shape index (κ1) is 14.1. The van der Waals surface area contributed by atoms with Gasteiger partial charge in [0.05, 0.1) is 15.9 Å². The third-order valence-corrected chi connectivity index (χ3v) is 4.25. The SMILES string of the molecule is Cc1cc(C)c(OCc2c(Br)c(C)nn2C)c(C)c1. The van der Waals surface area contributed by atoms with Gasteiger partial charge < -0.3 is 4.74 Å². The molecule has 0 aliphatic rings. The molecular formula is C15H19BrN2O. The second kappa shape index (κ2) is 5.37. The average Bonchev–Trinajstić information content (AvgIpc) is 2.53. The van der Waals surface area contributed by atoms with Crippen molar-refractivity contribution >= 4 is 15.9 Å². The molecule has 0 bridgehead atoms. The largest absolute Gasteiger partial charge is 0.487 e. The van der Waals surface area contributed by atoms with Crippen molar-refractivity contribution in [3.63, 3.8) is 0 Å². The van der Waals surface area contributed by atoms with E-state index in [0.29, 0.717) is 6.61 Å². The second-order valence-electron chi connectivity index (χ2n) is 4.99. The van der Waals surface area contributed by atoms with Gasteiger partial charge in [-0.05, 0) is 54.8 Å². The summed E-state index contributed by atoms with van der Waals surface area (Å²) in [4.78, 5) is 0. The number of hydrogen-bond donors (Lipinski definition) is 0. The van der Waals surface area contributed by atoms with Crippen molar-refractivity contribution in [2.45, 2.75) is 34.3 Å². The summed E-state index contributed by atoms with van der Waals surface area (Å²) in [6.07, 6.45) is 0. The first-order valence-electron chi connectivity index (χ1n) is 6.28. The van der Waals surface area contributed by atoms with Gasteiger partial charge in [-0.15, -0.1) is 0 Å². The molecular weight excluding hydrogens is 304 g/mol. The van der Waals surface area contributed by atoms with E-state index >= 15 is 0 Å². The van der Waals surface area contributed by atoms with E-state index in [1.54, 1.807) is 0 Å². The van der Waals surface area contributed by atoms with E-state index < -0.39 is 0 Å². The molecule has 0 aliphatic heterocycles. The molecule has 0 atom stereocenters. The maximum absolute atomic E-state index is 5.99. The molecule has 0 unspecified atom stereocenters. The van der Waals surface area contributed by atoms with Crippen molar-refractivity contribution in [3.8, 4) is 5.75 Å². The second-order valence-corrected chi connectivity index (χ2v) is 5.78. The number of ether oxygens (including phenoxy) is 1. The number of nitrogens with zero attached hydrogens (tertiary/aromatic N) is 2. The third-order valence-electron chi connectivity index (χ3n) is 3.22. The summed E-state index contributed by atoms with van der Waals surface area (Å²) in [7, 11) is 1.94. The van der Waals surface area contributed by atoms with Gasteiger partial charge in [0.2, 0.25) is 0 Å². The molecule has 1 aromatic carbocycles. The Morgan fingerprint density at radius 1 is 1.16 bits per heavy atom. The van der Waals surface area contributed by atoms with Crippen LogP contribution >= 0.6 is 15.9 Å². The summed E-state index contributed by atoms with van der Waals surface area (Å²) < 4.78 is 8.88. The number of halogens is 1. The normalized spacial score (nSPS) is 10.8. The summed E-state index contributed by atoms with van der Waals surface area (Å²) in [5.74, 6) is 0.969. The van der Waals surface area contributed by atoms with Gasteiger partial charge in [0, 0.05) is 7.05 Å². The van der Waals surface area contributed by atoms with Crippen molar-refractivity contribution in [2.24, 2.45) is 7.05 Å².